The summed E-state index contributed by atoms with van der Waals surface area (Å²) in [5.74, 6) is 1.03. The van der Waals surface area contributed by atoms with Crippen molar-refractivity contribution in [3.63, 3.8) is 0 Å². The fraction of sp³-hybridized carbons (Fsp3) is 0.429. The number of methoxy groups -OCH3 is 1. The smallest absolute Gasteiger partial charge is 0.257 e. The maximum Gasteiger partial charge on any atom is 0.257 e. The molecule has 21 heavy (non-hydrogen) atoms. The van der Waals surface area contributed by atoms with Gasteiger partial charge < -0.3 is 14.4 Å². The second-order valence-electron chi connectivity index (χ2n) is 4.52. The number of halogens is 1. The van der Waals surface area contributed by atoms with Crippen LogP contribution < -0.4 is 0 Å². The first-order valence-corrected chi connectivity index (χ1v) is 7.01. The zero-order valence-electron chi connectivity index (χ0n) is 11.8. The van der Waals surface area contributed by atoms with Crippen LogP contribution in [0.5, 0.6) is 0 Å². The summed E-state index contributed by atoms with van der Waals surface area (Å²) in [4.78, 5) is 6.36. The van der Waals surface area contributed by atoms with E-state index in [2.05, 4.69) is 10.1 Å². The van der Waals surface area contributed by atoms with E-state index in [-0.39, 0.29) is 6.61 Å². The first kappa shape index (κ1) is 15.9. The first-order valence-electron chi connectivity index (χ1n) is 6.63. The van der Waals surface area contributed by atoms with Gasteiger partial charge in [0.1, 0.15) is 0 Å². The number of aliphatic hydroxyl groups is 1. The Morgan fingerprint density at radius 1 is 1.29 bits per heavy atom. The highest BCUT2D eigenvalue weighted by atomic mass is 35.5. The van der Waals surface area contributed by atoms with Crippen molar-refractivity contribution in [2.24, 2.45) is 0 Å². The zero-order chi connectivity index (χ0) is 15.1. The van der Waals surface area contributed by atoms with Gasteiger partial charge in [0.2, 0.25) is 0 Å². The highest BCUT2D eigenvalue weighted by Gasteiger charge is 2.12. The molecule has 0 radical (unpaired) electrons. The highest BCUT2D eigenvalue weighted by Crippen LogP contribution is 2.19. The molecule has 0 aliphatic carbocycles. The van der Waals surface area contributed by atoms with Crippen molar-refractivity contribution < 1.29 is 14.4 Å². The van der Waals surface area contributed by atoms with E-state index < -0.39 is 0 Å². The molecule has 7 heteroatoms. The van der Waals surface area contributed by atoms with Gasteiger partial charge in [-0.2, -0.15) is 4.98 Å². The molecule has 0 fully saturated rings. The quantitative estimate of drug-likeness (QED) is 0.802. The normalized spacial score (nSPS) is 11.2. The Hall–Kier alpha value is -1.47. The van der Waals surface area contributed by atoms with E-state index in [0.717, 1.165) is 5.56 Å². The van der Waals surface area contributed by atoms with Crippen LogP contribution in [0.3, 0.4) is 0 Å². The lowest BCUT2D eigenvalue weighted by Crippen LogP contribution is -2.30. The molecular formula is C14H18ClN3O3. The van der Waals surface area contributed by atoms with E-state index in [4.69, 9.17) is 26.0 Å². The minimum atomic E-state index is 0.0750. The predicted octanol–water partition coefficient (Wildman–Crippen LogP) is 1.83. The maximum atomic E-state index is 9.06. The van der Waals surface area contributed by atoms with Gasteiger partial charge in [-0.05, 0) is 24.3 Å². The van der Waals surface area contributed by atoms with E-state index in [1.54, 1.807) is 19.2 Å². The summed E-state index contributed by atoms with van der Waals surface area (Å²) in [5.41, 5.74) is 0.823. The Kier molecular flexibility index (Phi) is 6.13. The van der Waals surface area contributed by atoms with Crippen molar-refractivity contribution in [2.75, 3.05) is 33.4 Å². The van der Waals surface area contributed by atoms with E-state index in [9.17, 15) is 0 Å². The number of nitrogens with zero attached hydrogens (tertiary/aromatic N) is 3. The number of aliphatic hydroxyl groups excluding tert-OH is 1. The third-order valence-electron chi connectivity index (χ3n) is 2.95. The van der Waals surface area contributed by atoms with E-state index >= 15 is 0 Å². The van der Waals surface area contributed by atoms with Crippen LogP contribution in [0, 0.1) is 0 Å². The Labute approximate surface area is 128 Å². The molecule has 0 aliphatic rings. The minimum Gasteiger partial charge on any atom is -0.395 e. The molecule has 0 spiro atoms. The van der Waals surface area contributed by atoms with Crippen molar-refractivity contribution in [1.29, 1.82) is 0 Å². The molecule has 0 atom stereocenters. The molecule has 0 aliphatic heterocycles. The number of hydrogen-bond donors (Lipinski definition) is 1. The molecule has 1 aromatic carbocycles. The standard InChI is InChI=1S/C14H18ClN3O3/c1-20-9-7-18(6-8-19)10-13-16-14(21-17-13)11-2-4-12(15)5-3-11/h2-5,19H,6-10H2,1H3. The molecule has 1 heterocycles. The first-order chi connectivity index (χ1) is 10.2. The van der Waals surface area contributed by atoms with Crippen molar-refractivity contribution in [2.45, 2.75) is 6.54 Å². The number of benzene rings is 1. The molecule has 0 amide bonds. The summed E-state index contributed by atoms with van der Waals surface area (Å²) < 4.78 is 10.3. The molecule has 0 bridgehead atoms. The zero-order valence-corrected chi connectivity index (χ0v) is 12.6. The molecule has 1 N–H and O–H groups in total. The van der Waals surface area contributed by atoms with Gasteiger partial charge in [0.05, 0.1) is 19.8 Å². The summed E-state index contributed by atoms with van der Waals surface area (Å²) in [5, 5.41) is 13.7. The third kappa shape index (κ3) is 4.78. The fourth-order valence-corrected chi connectivity index (χ4v) is 1.99. The second kappa shape index (κ2) is 8.09. The van der Waals surface area contributed by atoms with Gasteiger partial charge in [-0.25, -0.2) is 0 Å². The average Bonchev–Trinajstić information content (AvgIpc) is 2.94. The largest absolute Gasteiger partial charge is 0.395 e. The molecule has 0 saturated carbocycles. The van der Waals surface area contributed by atoms with Crippen molar-refractivity contribution in [3.8, 4) is 11.5 Å². The van der Waals surface area contributed by atoms with Gasteiger partial charge in [-0.1, -0.05) is 16.8 Å². The van der Waals surface area contributed by atoms with Crippen molar-refractivity contribution >= 4 is 11.6 Å². The average molecular weight is 312 g/mol. The summed E-state index contributed by atoms with van der Waals surface area (Å²) in [7, 11) is 1.64. The van der Waals surface area contributed by atoms with Gasteiger partial charge in [-0.15, -0.1) is 0 Å². The molecule has 2 aromatic rings. The molecule has 0 unspecified atom stereocenters. The summed E-state index contributed by atoms with van der Waals surface area (Å²) in [6.07, 6.45) is 0. The Bertz CT molecular complexity index is 545. The lowest BCUT2D eigenvalue weighted by Gasteiger charge is -2.18. The third-order valence-corrected chi connectivity index (χ3v) is 3.20. The van der Waals surface area contributed by atoms with Crippen LogP contribution in [0.2, 0.25) is 5.02 Å². The van der Waals surface area contributed by atoms with Crippen LogP contribution in [-0.4, -0.2) is 53.6 Å². The molecule has 0 saturated heterocycles. The molecule has 6 nitrogen and oxygen atoms in total. The molecule has 2 rings (SSSR count). The second-order valence-corrected chi connectivity index (χ2v) is 4.95. The number of ether oxygens (including phenoxy) is 1. The van der Waals surface area contributed by atoms with Gasteiger partial charge in [0.25, 0.3) is 5.89 Å². The lowest BCUT2D eigenvalue weighted by atomic mass is 10.2. The van der Waals surface area contributed by atoms with Crippen LogP contribution in [0.25, 0.3) is 11.5 Å². The van der Waals surface area contributed by atoms with Crippen molar-refractivity contribution in [3.05, 3.63) is 35.1 Å². The minimum absolute atomic E-state index is 0.0750. The highest BCUT2D eigenvalue weighted by molar-refractivity contribution is 6.30. The Balaban J connectivity index is 2.02. The molecular weight excluding hydrogens is 294 g/mol. The SMILES string of the molecule is COCCN(CCO)Cc1noc(-c2ccc(Cl)cc2)n1. The van der Waals surface area contributed by atoms with E-state index in [0.29, 0.717) is 43.0 Å². The predicted molar refractivity (Wildman–Crippen MR) is 79.0 cm³/mol. The van der Waals surface area contributed by atoms with Gasteiger partial charge in [-0.3, -0.25) is 4.90 Å². The van der Waals surface area contributed by atoms with Crippen LogP contribution in [0.4, 0.5) is 0 Å². The van der Waals surface area contributed by atoms with Crippen LogP contribution in [0.1, 0.15) is 5.82 Å². The number of hydrogen-bond acceptors (Lipinski definition) is 6. The van der Waals surface area contributed by atoms with E-state index in [1.165, 1.54) is 0 Å². The summed E-state index contributed by atoms with van der Waals surface area (Å²) in [6, 6.07) is 7.21. The number of aromatic nitrogens is 2. The lowest BCUT2D eigenvalue weighted by molar-refractivity contribution is 0.124. The van der Waals surface area contributed by atoms with Gasteiger partial charge in [0.15, 0.2) is 5.82 Å². The Morgan fingerprint density at radius 2 is 2.05 bits per heavy atom. The topological polar surface area (TPSA) is 71.6 Å². The van der Waals surface area contributed by atoms with Crippen LogP contribution >= 0.6 is 11.6 Å². The fourth-order valence-electron chi connectivity index (χ4n) is 1.86. The van der Waals surface area contributed by atoms with E-state index in [1.807, 2.05) is 17.0 Å². The molecule has 1 aromatic heterocycles. The number of rotatable bonds is 8. The summed E-state index contributed by atoms with van der Waals surface area (Å²) in [6.45, 7) is 2.39. The monoisotopic (exact) mass is 311 g/mol. The molecule has 114 valence electrons. The Morgan fingerprint density at radius 3 is 2.71 bits per heavy atom. The van der Waals surface area contributed by atoms with Crippen molar-refractivity contribution in [1.82, 2.24) is 15.0 Å². The van der Waals surface area contributed by atoms with Crippen LogP contribution in [-0.2, 0) is 11.3 Å². The summed E-state index contributed by atoms with van der Waals surface area (Å²) >= 11 is 5.85. The van der Waals surface area contributed by atoms with Gasteiger partial charge >= 0.3 is 0 Å². The van der Waals surface area contributed by atoms with Gasteiger partial charge in [0, 0.05) is 30.8 Å². The maximum absolute atomic E-state index is 9.06. The van der Waals surface area contributed by atoms with Crippen LogP contribution in [0.15, 0.2) is 28.8 Å².